The molecular weight excluding hydrogens is 383 g/mol. The predicted molar refractivity (Wildman–Crippen MR) is 90.5 cm³/mol. The van der Waals surface area contributed by atoms with Crippen molar-refractivity contribution in [1.82, 2.24) is 25.3 Å². The molecule has 27 heavy (non-hydrogen) atoms. The first kappa shape index (κ1) is 18.2. The van der Waals surface area contributed by atoms with E-state index in [0.29, 0.717) is 22.6 Å². The van der Waals surface area contributed by atoms with E-state index in [-0.39, 0.29) is 11.0 Å². The van der Waals surface area contributed by atoms with Crippen molar-refractivity contribution in [2.45, 2.75) is 38.3 Å². The zero-order chi connectivity index (χ0) is 19.2. The molecule has 2 aliphatic rings. The number of amides is 1. The van der Waals surface area contributed by atoms with E-state index >= 15 is 0 Å². The Hall–Kier alpha value is -2.16. The summed E-state index contributed by atoms with van der Waals surface area (Å²) in [5, 5.41) is 13.6. The van der Waals surface area contributed by atoms with Crippen molar-refractivity contribution >= 4 is 17.5 Å². The van der Waals surface area contributed by atoms with Crippen LogP contribution in [0.2, 0.25) is 5.15 Å². The standard InChI is InChI=1S/C17H17ClF3N5O/c18-12-3-4-13(25-24-12)26-14(17(19,20)21)11(9-23-26)15(27)22-8-10-2-1-5-16(10)6-7-16/h3-4,9-10H,1-2,5-8H2,(H,22,27). The number of rotatable bonds is 4. The molecule has 6 nitrogen and oxygen atoms in total. The zero-order valence-corrected chi connectivity index (χ0v) is 15.0. The van der Waals surface area contributed by atoms with Crippen LogP contribution in [0.1, 0.15) is 48.2 Å². The van der Waals surface area contributed by atoms with Crippen LogP contribution in [0.5, 0.6) is 0 Å². The van der Waals surface area contributed by atoms with Gasteiger partial charge >= 0.3 is 6.18 Å². The van der Waals surface area contributed by atoms with Crippen LogP contribution in [0, 0.1) is 11.3 Å². The summed E-state index contributed by atoms with van der Waals surface area (Å²) in [6.45, 7) is 0.391. The summed E-state index contributed by atoms with van der Waals surface area (Å²) >= 11 is 5.63. The van der Waals surface area contributed by atoms with Crippen molar-refractivity contribution in [1.29, 1.82) is 0 Å². The first-order chi connectivity index (χ1) is 12.8. The maximum absolute atomic E-state index is 13.6. The molecule has 0 bridgehead atoms. The molecule has 2 aromatic rings. The molecule has 0 radical (unpaired) electrons. The van der Waals surface area contributed by atoms with E-state index in [1.54, 1.807) is 0 Å². The van der Waals surface area contributed by atoms with Gasteiger partial charge in [0.2, 0.25) is 0 Å². The maximum atomic E-state index is 13.6. The number of nitrogens with zero attached hydrogens (tertiary/aromatic N) is 4. The molecule has 1 unspecified atom stereocenters. The maximum Gasteiger partial charge on any atom is 0.434 e. The van der Waals surface area contributed by atoms with Crippen LogP contribution in [0.4, 0.5) is 13.2 Å². The summed E-state index contributed by atoms with van der Waals surface area (Å²) in [7, 11) is 0. The van der Waals surface area contributed by atoms with Crippen LogP contribution in [0.15, 0.2) is 18.3 Å². The topological polar surface area (TPSA) is 72.7 Å². The number of alkyl halides is 3. The molecule has 2 saturated carbocycles. The van der Waals surface area contributed by atoms with E-state index < -0.39 is 23.3 Å². The minimum atomic E-state index is -4.78. The predicted octanol–water partition coefficient (Wildman–Crippen LogP) is 3.64. The number of halogens is 4. The monoisotopic (exact) mass is 399 g/mol. The van der Waals surface area contributed by atoms with Gasteiger partial charge in [0.1, 0.15) is 0 Å². The molecule has 0 aromatic carbocycles. The van der Waals surface area contributed by atoms with Crippen molar-refractivity contribution < 1.29 is 18.0 Å². The number of carbonyl (C=O) groups is 1. The van der Waals surface area contributed by atoms with Crippen LogP contribution in [-0.4, -0.2) is 32.4 Å². The van der Waals surface area contributed by atoms with Gasteiger partial charge in [-0.3, -0.25) is 4.79 Å². The molecule has 4 rings (SSSR count). The highest BCUT2D eigenvalue weighted by Gasteiger charge is 2.51. The second kappa shape index (κ2) is 6.47. The third kappa shape index (κ3) is 3.40. The fourth-order valence-corrected chi connectivity index (χ4v) is 4.14. The molecule has 1 amide bonds. The molecule has 0 saturated heterocycles. The zero-order valence-electron chi connectivity index (χ0n) is 14.3. The van der Waals surface area contributed by atoms with Gasteiger partial charge < -0.3 is 5.32 Å². The van der Waals surface area contributed by atoms with Gasteiger partial charge in [-0.2, -0.15) is 18.3 Å². The smallest absolute Gasteiger partial charge is 0.352 e. The second-order valence-electron chi connectivity index (χ2n) is 7.19. The van der Waals surface area contributed by atoms with Crippen LogP contribution in [-0.2, 0) is 6.18 Å². The van der Waals surface area contributed by atoms with Gasteiger partial charge in [-0.05, 0) is 49.1 Å². The lowest BCUT2D eigenvalue weighted by atomic mass is 9.93. The Labute approximate surface area is 158 Å². The summed E-state index contributed by atoms with van der Waals surface area (Å²) in [5.74, 6) is -0.607. The molecule has 10 heteroatoms. The molecule has 1 atom stereocenters. The number of hydrogen-bond donors (Lipinski definition) is 1. The molecule has 2 fully saturated rings. The Balaban J connectivity index is 1.58. The Morgan fingerprint density at radius 2 is 2.07 bits per heavy atom. The van der Waals surface area contributed by atoms with Gasteiger partial charge in [-0.25, -0.2) is 4.68 Å². The van der Waals surface area contributed by atoms with Crippen molar-refractivity contribution in [2.24, 2.45) is 11.3 Å². The fraction of sp³-hybridized carbons (Fsp3) is 0.529. The lowest BCUT2D eigenvalue weighted by molar-refractivity contribution is -0.143. The summed E-state index contributed by atoms with van der Waals surface area (Å²) in [6, 6.07) is 2.56. The first-order valence-corrected chi connectivity index (χ1v) is 9.11. The molecule has 2 heterocycles. The van der Waals surface area contributed by atoms with Crippen LogP contribution in [0.3, 0.4) is 0 Å². The Kier molecular flexibility index (Phi) is 4.37. The molecule has 2 aromatic heterocycles. The first-order valence-electron chi connectivity index (χ1n) is 8.73. The SMILES string of the molecule is O=C(NCC1CCCC12CC2)c1cnn(-c2ccc(Cl)nn2)c1C(F)(F)F. The van der Waals surface area contributed by atoms with Crippen LogP contribution < -0.4 is 5.32 Å². The fourth-order valence-electron chi connectivity index (χ4n) is 4.04. The van der Waals surface area contributed by atoms with E-state index in [1.807, 2.05) is 0 Å². The average Bonchev–Trinajstić information content (AvgIpc) is 3.07. The number of aromatic nitrogens is 4. The summed E-state index contributed by atoms with van der Waals surface area (Å²) in [6.07, 6.45) is 1.69. The van der Waals surface area contributed by atoms with Crippen molar-refractivity contribution in [3.05, 3.63) is 34.7 Å². The minimum Gasteiger partial charge on any atom is -0.352 e. The summed E-state index contributed by atoms with van der Waals surface area (Å²) in [5.41, 5.74) is -1.39. The Morgan fingerprint density at radius 1 is 1.30 bits per heavy atom. The normalized spacial score (nSPS) is 20.8. The lowest BCUT2D eigenvalue weighted by Gasteiger charge is -2.19. The lowest BCUT2D eigenvalue weighted by Crippen LogP contribution is -2.32. The summed E-state index contributed by atoms with van der Waals surface area (Å²) in [4.78, 5) is 12.5. The van der Waals surface area contributed by atoms with E-state index in [4.69, 9.17) is 11.6 Å². The van der Waals surface area contributed by atoms with Crippen LogP contribution >= 0.6 is 11.6 Å². The van der Waals surface area contributed by atoms with Gasteiger partial charge in [0, 0.05) is 6.54 Å². The highest BCUT2D eigenvalue weighted by molar-refractivity contribution is 6.29. The van der Waals surface area contributed by atoms with Gasteiger partial charge in [0.05, 0.1) is 11.8 Å². The van der Waals surface area contributed by atoms with Gasteiger partial charge in [-0.1, -0.05) is 18.0 Å². The van der Waals surface area contributed by atoms with Crippen molar-refractivity contribution in [3.63, 3.8) is 0 Å². The van der Waals surface area contributed by atoms with Gasteiger partial charge in [-0.15, -0.1) is 10.2 Å². The van der Waals surface area contributed by atoms with E-state index in [9.17, 15) is 18.0 Å². The number of hydrogen-bond acceptors (Lipinski definition) is 4. The average molecular weight is 400 g/mol. The number of nitrogens with one attached hydrogen (secondary N) is 1. The van der Waals surface area contributed by atoms with E-state index in [0.717, 1.165) is 38.3 Å². The van der Waals surface area contributed by atoms with Crippen LogP contribution in [0.25, 0.3) is 5.82 Å². The Bertz CT molecular complexity index is 860. The largest absolute Gasteiger partial charge is 0.434 e. The quantitative estimate of drug-likeness (QED) is 0.851. The minimum absolute atomic E-state index is 0.0444. The molecule has 144 valence electrons. The second-order valence-corrected chi connectivity index (χ2v) is 7.58. The third-order valence-electron chi connectivity index (χ3n) is 5.61. The molecule has 1 spiro atoms. The third-order valence-corrected chi connectivity index (χ3v) is 5.81. The Morgan fingerprint density at radius 3 is 2.70 bits per heavy atom. The number of carbonyl (C=O) groups excluding carboxylic acids is 1. The highest BCUT2D eigenvalue weighted by atomic mass is 35.5. The van der Waals surface area contributed by atoms with Gasteiger partial charge in [0.15, 0.2) is 16.7 Å². The van der Waals surface area contributed by atoms with E-state index in [2.05, 4.69) is 20.6 Å². The molecular formula is C17H17ClF3N5O. The van der Waals surface area contributed by atoms with Gasteiger partial charge in [0.25, 0.3) is 5.91 Å². The highest BCUT2D eigenvalue weighted by Crippen LogP contribution is 2.61. The molecule has 2 aliphatic carbocycles. The summed E-state index contributed by atoms with van der Waals surface area (Å²) < 4.78 is 41.4. The molecule has 1 N–H and O–H groups in total. The van der Waals surface area contributed by atoms with Crippen molar-refractivity contribution in [2.75, 3.05) is 6.54 Å². The molecule has 0 aliphatic heterocycles. The van der Waals surface area contributed by atoms with E-state index in [1.165, 1.54) is 12.1 Å². The van der Waals surface area contributed by atoms with Crippen molar-refractivity contribution in [3.8, 4) is 5.82 Å².